The molecule has 0 bridgehead atoms. The Morgan fingerprint density at radius 3 is 1.70 bits per heavy atom. The zero-order valence-corrected chi connectivity index (χ0v) is 15.0. The molecule has 0 heterocycles. The lowest BCUT2D eigenvalue weighted by molar-refractivity contribution is -0.139. The van der Waals surface area contributed by atoms with E-state index in [-0.39, 0.29) is 5.75 Å². The van der Waals surface area contributed by atoms with E-state index >= 15 is 0 Å². The first-order valence-electron chi connectivity index (χ1n) is 7.63. The normalized spacial score (nSPS) is 13.1. The molecule has 23 heavy (non-hydrogen) atoms. The summed E-state index contributed by atoms with van der Waals surface area (Å²) in [6.07, 6.45) is 0. The van der Waals surface area contributed by atoms with E-state index in [2.05, 4.69) is 0 Å². The van der Waals surface area contributed by atoms with Crippen LogP contribution in [-0.4, -0.2) is 79.7 Å². The molecule has 1 aromatic rings. The van der Waals surface area contributed by atoms with E-state index in [0.717, 1.165) is 16.7 Å². The Hall–Kier alpha value is -1.63. The van der Waals surface area contributed by atoms with Crippen LogP contribution in [0.4, 0.5) is 0 Å². The molecule has 1 rings (SSSR count). The Balaban J connectivity index is 3.36. The van der Waals surface area contributed by atoms with E-state index in [1.807, 2.05) is 69.1 Å². The number of carboxylic acid groups (broad SMARTS) is 1. The molecule has 0 saturated heterocycles. The van der Waals surface area contributed by atoms with Crippen LogP contribution in [0.3, 0.4) is 0 Å². The topological polar surface area (TPSA) is 67.2 Å². The molecule has 0 saturated carbocycles. The van der Waals surface area contributed by atoms with Gasteiger partial charge in [0.15, 0.2) is 0 Å². The van der Waals surface area contributed by atoms with Gasteiger partial charge in [0.2, 0.25) is 0 Å². The predicted molar refractivity (Wildman–Crippen MR) is 91.8 cm³/mol. The molecule has 0 fully saturated rings. The van der Waals surface area contributed by atoms with Crippen LogP contribution in [-0.2, 0) is 17.9 Å². The number of carbonyl (C=O) groups is 1. The van der Waals surface area contributed by atoms with Crippen LogP contribution in [0.2, 0.25) is 0 Å². The van der Waals surface area contributed by atoms with Crippen molar-refractivity contribution in [3.8, 4) is 5.75 Å². The van der Waals surface area contributed by atoms with Gasteiger partial charge in [-0.1, -0.05) is 0 Å². The smallest absolute Gasteiger partial charge is 0.312 e. The molecular weight excluding hydrogens is 294 g/mol. The second kappa shape index (κ2) is 8.29. The fraction of sp³-hybridized carbons (Fsp3) is 0.588. The Bertz CT molecular complexity index is 511. The number of hydrogen-bond acceptors (Lipinski definition) is 5. The van der Waals surface area contributed by atoms with Crippen molar-refractivity contribution < 1.29 is 15.0 Å². The maximum atomic E-state index is 11.7. The highest BCUT2D eigenvalue weighted by molar-refractivity contribution is 5.76. The first-order chi connectivity index (χ1) is 10.6. The number of phenolic OH excluding ortho intramolecular Hbond substituents is 1. The van der Waals surface area contributed by atoms with E-state index in [9.17, 15) is 15.0 Å². The molecule has 2 N–H and O–H groups in total. The summed E-state index contributed by atoms with van der Waals surface area (Å²) < 4.78 is 0. The lowest BCUT2D eigenvalue weighted by atomic mass is 9.93. The molecule has 0 amide bonds. The predicted octanol–water partition coefficient (Wildman–Crippen LogP) is 1.25. The molecule has 1 atom stereocenters. The summed E-state index contributed by atoms with van der Waals surface area (Å²) in [5.41, 5.74) is 2.25. The molecule has 0 aliphatic carbocycles. The van der Waals surface area contributed by atoms with Gasteiger partial charge in [0, 0.05) is 30.8 Å². The fourth-order valence-electron chi connectivity index (χ4n) is 2.60. The van der Waals surface area contributed by atoms with Crippen molar-refractivity contribution in [3.63, 3.8) is 0 Å². The highest BCUT2D eigenvalue weighted by atomic mass is 16.4. The van der Waals surface area contributed by atoms with Crippen molar-refractivity contribution in [3.05, 3.63) is 28.8 Å². The largest absolute Gasteiger partial charge is 0.507 e. The van der Waals surface area contributed by atoms with E-state index in [1.165, 1.54) is 0 Å². The average molecular weight is 323 g/mol. The third-order valence-corrected chi connectivity index (χ3v) is 3.51. The summed E-state index contributed by atoms with van der Waals surface area (Å²) in [5, 5.41) is 20.1. The minimum Gasteiger partial charge on any atom is -0.507 e. The summed E-state index contributed by atoms with van der Waals surface area (Å²) in [7, 11) is 11.4. The number of phenols is 1. The Morgan fingerprint density at radius 1 is 0.957 bits per heavy atom. The van der Waals surface area contributed by atoms with Crippen molar-refractivity contribution in [2.45, 2.75) is 19.0 Å². The van der Waals surface area contributed by atoms with Gasteiger partial charge < -0.3 is 24.9 Å². The Labute approximate surface area is 138 Å². The molecule has 1 unspecified atom stereocenters. The number of aromatic hydroxyl groups is 1. The number of carboxylic acids is 1. The average Bonchev–Trinajstić information content (AvgIpc) is 2.38. The van der Waals surface area contributed by atoms with Crippen molar-refractivity contribution in [2.75, 3.05) is 48.8 Å². The minimum atomic E-state index is -0.851. The van der Waals surface area contributed by atoms with Gasteiger partial charge in [0.05, 0.1) is 5.92 Å². The van der Waals surface area contributed by atoms with Gasteiger partial charge in [-0.15, -0.1) is 0 Å². The number of likely N-dealkylation sites (N-methyl/N-ethyl adjacent to an activating group) is 1. The number of benzene rings is 1. The van der Waals surface area contributed by atoms with Gasteiger partial charge in [-0.2, -0.15) is 0 Å². The maximum Gasteiger partial charge on any atom is 0.312 e. The quantitative estimate of drug-likeness (QED) is 0.750. The molecule has 0 radical (unpaired) electrons. The SMILES string of the molecule is CN(C)Cc1cc(C(CN(C)C)C(=O)O)cc(CN(C)C)c1O. The van der Waals surface area contributed by atoms with Crippen LogP contribution in [0.5, 0.6) is 5.75 Å². The Kier molecular flexibility index (Phi) is 7.00. The van der Waals surface area contributed by atoms with Crippen molar-refractivity contribution in [2.24, 2.45) is 0 Å². The zero-order chi connectivity index (χ0) is 17.7. The maximum absolute atomic E-state index is 11.7. The lowest BCUT2D eigenvalue weighted by Crippen LogP contribution is -2.26. The summed E-state index contributed by atoms with van der Waals surface area (Å²) in [5.74, 6) is -1.21. The Morgan fingerprint density at radius 2 is 1.39 bits per heavy atom. The van der Waals surface area contributed by atoms with Crippen LogP contribution in [0.1, 0.15) is 22.6 Å². The van der Waals surface area contributed by atoms with Crippen LogP contribution >= 0.6 is 0 Å². The van der Waals surface area contributed by atoms with Gasteiger partial charge in [-0.05, 0) is 60.0 Å². The summed E-state index contributed by atoms with van der Waals surface area (Å²) in [6, 6.07) is 3.63. The summed E-state index contributed by atoms with van der Waals surface area (Å²) in [4.78, 5) is 17.5. The van der Waals surface area contributed by atoms with Gasteiger partial charge in [-0.25, -0.2) is 0 Å². The number of rotatable bonds is 8. The fourth-order valence-corrected chi connectivity index (χ4v) is 2.60. The monoisotopic (exact) mass is 323 g/mol. The highest BCUT2D eigenvalue weighted by Crippen LogP contribution is 2.30. The molecule has 130 valence electrons. The third kappa shape index (κ3) is 5.82. The zero-order valence-electron chi connectivity index (χ0n) is 15.0. The standard InChI is InChI=1S/C17H29N3O3/c1-18(2)9-13-7-12(15(17(22)23)11-20(5)6)8-14(16(13)21)10-19(3)4/h7-8,15,21H,9-11H2,1-6H3,(H,22,23). The second-order valence-electron chi connectivity index (χ2n) is 6.82. The number of nitrogens with zero attached hydrogens (tertiary/aromatic N) is 3. The third-order valence-electron chi connectivity index (χ3n) is 3.51. The van der Waals surface area contributed by atoms with Gasteiger partial charge >= 0.3 is 5.97 Å². The minimum absolute atomic E-state index is 0.255. The molecule has 6 nitrogen and oxygen atoms in total. The number of hydrogen-bond donors (Lipinski definition) is 2. The van der Waals surface area contributed by atoms with Crippen molar-refractivity contribution >= 4 is 5.97 Å². The molecular formula is C17H29N3O3. The van der Waals surface area contributed by atoms with E-state index in [1.54, 1.807) is 0 Å². The summed E-state index contributed by atoms with van der Waals surface area (Å²) >= 11 is 0. The second-order valence-corrected chi connectivity index (χ2v) is 6.82. The molecule has 0 aromatic heterocycles. The van der Waals surface area contributed by atoms with Gasteiger partial charge in [-0.3, -0.25) is 4.79 Å². The van der Waals surface area contributed by atoms with Crippen LogP contribution in [0, 0.1) is 0 Å². The van der Waals surface area contributed by atoms with E-state index in [0.29, 0.717) is 19.6 Å². The summed E-state index contributed by atoms with van der Waals surface area (Å²) in [6.45, 7) is 1.55. The van der Waals surface area contributed by atoms with Crippen molar-refractivity contribution in [1.82, 2.24) is 14.7 Å². The highest BCUT2D eigenvalue weighted by Gasteiger charge is 2.23. The van der Waals surface area contributed by atoms with Gasteiger partial charge in [0.25, 0.3) is 0 Å². The molecule has 0 aliphatic rings. The van der Waals surface area contributed by atoms with Gasteiger partial charge in [0.1, 0.15) is 5.75 Å². The molecule has 1 aromatic carbocycles. The van der Waals surface area contributed by atoms with Crippen molar-refractivity contribution in [1.29, 1.82) is 0 Å². The molecule has 6 heteroatoms. The number of aliphatic carboxylic acids is 1. The molecule has 0 aliphatic heterocycles. The van der Waals surface area contributed by atoms with E-state index in [4.69, 9.17) is 0 Å². The van der Waals surface area contributed by atoms with Crippen LogP contribution < -0.4 is 0 Å². The van der Waals surface area contributed by atoms with E-state index < -0.39 is 11.9 Å². The molecule has 0 spiro atoms. The lowest BCUT2D eigenvalue weighted by Gasteiger charge is -2.22. The first kappa shape index (κ1) is 19.4. The van der Waals surface area contributed by atoms with Crippen LogP contribution in [0.15, 0.2) is 12.1 Å². The first-order valence-corrected chi connectivity index (χ1v) is 7.63. The van der Waals surface area contributed by atoms with Crippen LogP contribution in [0.25, 0.3) is 0 Å².